The predicted molar refractivity (Wildman–Crippen MR) is 105 cm³/mol. The molecule has 1 amide bonds. The second kappa shape index (κ2) is 6.10. The number of primary amides is 1. The Morgan fingerprint density at radius 1 is 1.25 bits per heavy atom. The number of carbonyl (C=O) groups excluding carboxylic acids is 1. The Hall–Kier alpha value is -3.33. The Morgan fingerprint density at radius 3 is 2.64 bits per heavy atom. The van der Waals surface area contributed by atoms with E-state index in [1.54, 1.807) is 16.7 Å². The van der Waals surface area contributed by atoms with E-state index in [4.69, 9.17) is 17.3 Å². The first-order valence-corrected chi connectivity index (χ1v) is 8.84. The zero-order valence-corrected chi connectivity index (χ0v) is 16.2. The van der Waals surface area contributed by atoms with Crippen LogP contribution in [0.3, 0.4) is 0 Å². The summed E-state index contributed by atoms with van der Waals surface area (Å²) in [6, 6.07) is 5.53. The highest BCUT2D eigenvalue weighted by molar-refractivity contribution is 6.31. The Balaban J connectivity index is 2.16. The zero-order valence-electron chi connectivity index (χ0n) is 15.4. The Bertz CT molecular complexity index is 1410. The fourth-order valence-corrected chi connectivity index (χ4v) is 3.61. The van der Waals surface area contributed by atoms with Crippen LogP contribution in [0.1, 0.15) is 11.3 Å². The minimum absolute atomic E-state index is 0.194. The molecule has 0 atom stereocenters. The second-order valence-electron chi connectivity index (χ2n) is 6.64. The van der Waals surface area contributed by atoms with Gasteiger partial charge in [-0.15, -0.1) is 0 Å². The summed E-state index contributed by atoms with van der Waals surface area (Å²) in [5.74, 6) is -0.315. The third-order valence-corrected chi connectivity index (χ3v) is 5.23. The van der Waals surface area contributed by atoms with Crippen molar-refractivity contribution in [2.75, 3.05) is 0 Å². The van der Waals surface area contributed by atoms with Gasteiger partial charge in [0.05, 0.1) is 5.69 Å². The van der Waals surface area contributed by atoms with Gasteiger partial charge in [-0.25, -0.2) is 9.36 Å². The third kappa shape index (κ3) is 2.40. The topological polar surface area (TPSA) is 109 Å². The van der Waals surface area contributed by atoms with Gasteiger partial charge in [0, 0.05) is 24.0 Å². The molecule has 0 radical (unpaired) electrons. The molecular weight excluding hydrogens is 384 g/mol. The van der Waals surface area contributed by atoms with Gasteiger partial charge in [0.2, 0.25) is 11.7 Å². The van der Waals surface area contributed by atoms with Crippen molar-refractivity contribution in [2.24, 2.45) is 12.8 Å². The number of hydrogen-bond acceptors (Lipinski definition) is 4. The summed E-state index contributed by atoms with van der Waals surface area (Å²) in [4.78, 5) is 41.3. The van der Waals surface area contributed by atoms with Crippen molar-refractivity contribution in [1.82, 2.24) is 23.1 Å². The summed E-state index contributed by atoms with van der Waals surface area (Å²) in [7, 11) is 1.50. The number of carbonyl (C=O) groups is 1. The number of benzene rings is 1. The molecule has 0 unspecified atom stereocenters. The van der Waals surface area contributed by atoms with E-state index in [0.29, 0.717) is 10.8 Å². The molecule has 4 aromatic rings. The quantitative estimate of drug-likeness (QED) is 0.550. The highest BCUT2D eigenvalue weighted by atomic mass is 35.5. The van der Waals surface area contributed by atoms with Crippen LogP contribution in [0.15, 0.2) is 34.0 Å². The zero-order chi connectivity index (χ0) is 20.3. The molecule has 9 nitrogen and oxygen atoms in total. The number of amides is 1. The van der Waals surface area contributed by atoms with Gasteiger partial charge in [-0.3, -0.25) is 23.1 Å². The maximum atomic E-state index is 12.9. The van der Waals surface area contributed by atoms with Crippen molar-refractivity contribution >= 4 is 34.4 Å². The van der Waals surface area contributed by atoms with E-state index >= 15 is 0 Å². The smallest absolute Gasteiger partial charge is 0.332 e. The van der Waals surface area contributed by atoms with E-state index in [1.807, 2.05) is 30.5 Å². The van der Waals surface area contributed by atoms with Crippen molar-refractivity contribution in [2.45, 2.75) is 20.4 Å². The molecule has 0 aliphatic carbocycles. The molecule has 28 heavy (non-hydrogen) atoms. The van der Waals surface area contributed by atoms with E-state index in [-0.39, 0.29) is 11.2 Å². The lowest BCUT2D eigenvalue weighted by atomic mass is 10.2. The first kappa shape index (κ1) is 18.1. The molecule has 3 heterocycles. The lowest BCUT2D eigenvalue weighted by Crippen LogP contribution is -2.42. The van der Waals surface area contributed by atoms with Gasteiger partial charge in [-0.1, -0.05) is 17.7 Å². The van der Waals surface area contributed by atoms with Gasteiger partial charge in [0.15, 0.2) is 11.2 Å². The van der Waals surface area contributed by atoms with Gasteiger partial charge < -0.3 is 5.73 Å². The van der Waals surface area contributed by atoms with Crippen molar-refractivity contribution in [3.63, 3.8) is 0 Å². The minimum atomic E-state index is -0.775. The van der Waals surface area contributed by atoms with Crippen molar-refractivity contribution in [3.8, 4) is 5.69 Å². The Morgan fingerprint density at radius 2 is 1.96 bits per heavy atom. The number of fused-ring (bicyclic) bond motifs is 3. The summed E-state index contributed by atoms with van der Waals surface area (Å²) in [5, 5.41) is 0.607. The highest BCUT2D eigenvalue weighted by Crippen LogP contribution is 2.26. The molecule has 0 aliphatic heterocycles. The van der Waals surface area contributed by atoms with Gasteiger partial charge in [0.25, 0.3) is 5.56 Å². The van der Waals surface area contributed by atoms with Crippen LogP contribution in [-0.4, -0.2) is 29.0 Å². The molecule has 4 rings (SSSR count). The number of imidazole rings is 2. The summed E-state index contributed by atoms with van der Waals surface area (Å²) in [6.45, 7) is 3.28. The second-order valence-corrected chi connectivity index (χ2v) is 7.05. The van der Waals surface area contributed by atoms with Crippen LogP contribution in [0, 0.1) is 13.8 Å². The van der Waals surface area contributed by atoms with Crippen LogP contribution in [0.4, 0.5) is 0 Å². The summed E-state index contributed by atoms with van der Waals surface area (Å²) in [6.07, 6.45) is 1.76. The number of nitrogens with two attached hydrogens (primary N) is 1. The van der Waals surface area contributed by atoms with Crippen molar-refractivity contribution in [1.29, 1.82) is 0 Å². The van der Waals surface area contributed by atoms with Crippen LogP contribution in [0.2, 0.25) is 5.02 Å². The number of rotatable bonds is 3. The monoisotopic (exact) mass is 400 g/mol. The van der Waals surface area contributed by atoms with Crippen LogP contribution in [0.25, 0.3) is 22.6 Å². The van der Waals surface area contributed by atoms with Gasteiger partial charge >= 0.3 is 5.69 Å². The van der Waals surface area contributed by atoms with Gasteiger partial charge in [0.1, 0.15) is 6.54 Å². The molecule has 144 valence electrons. The molecule has 0 saturated heterocycles. The Kier molecular flexibility index (Phi) is 3.93. The van der Waals surface area contributed by atoms with Crippen LogP contribution in [-0.2, 0) is 18.4 Å². The molecule has 10 heteroatoms. The third-order valence-electron chi connectivity index (χ3n) is 4.82. The number of halogens is 1. The molecule has 0 spiro atoms. The number of nitrogens with zero attached hydrogens (tertiary/aromatic N) is 5. The number of aromatic nitrogens is 5. The van der Waals surface area contributed by atoms with Crippen LogP contribution >= 0.6 is 11.6 Å². The minimum Gasteiger partial charge on any atom is -0.368 e. The number of aryl methyl sites for hydroxylation is 2. The fraction of sp³-hybridized carbons (Fsp3) is 0.222. The standard InChI is InChI=1S/C18H17ClN6O3/c1-9-7-23-14-15(22(3)18(28)24(16(14)27)8-13(20)26)21-17(23)25(9)12-6-4-5-11(19)10(12)2/h4-7H,8H2,1-3H3,(H2,20,26). The van der Waals surface area contributed by atoms with Gasteiger partial charge in [-0.05, 0) is 31.5 Å². The van der Waals surface area contributed by atoms with E-state index in [1.165, 1.54) is 11.6 Å². The molecule has 3 aromatic heterocycles. The van der Waals surface area contributed by atoms with Gasteiger partial charge in [-0.2, -0.15) is 4.98 Å². The summed E-state index contributed by atoms with van der Waals surface area (Å²) < 4.78 is 5.53. The highest BCUT2D eigenvalue weighted by Gasteiger charge is 2.22. The largest absolute Gasteiger partial charge is 0.368 e. The van der Waals surface area contributed by atoms with E-state index in [2.05, 4.69) is 4.98 Å². The first-order valence-electron chi connectivity index (χ1n) is 8.46. The summed E-state index contributed by atoms with van der Waals surface area (Å²) >= 11 is 6.27. The van der Waals surface area contributed by atoms with Crippen LogP contribution in [0.5, 0.6) is 0 Å². The molecule has 0 aliphatic rings. The molecular formula is C18H17ClN6O3. The fourth-order valence-electron chi connectivity index (χ4n) is 3.44. The molecule has 0 bridgehead atoms. The molecule has 0 fully saturated rings. The van der Waals surface area contributed by atoms with Crippen molar-refractivity contribution < 1.29 is 4.79 Å². The van der Waals surface area contributed by atoms with E-state index in [9.17, 15) is 14.4 Å². The summed E-state index contributed by atoms with van der Waals surface area (Å²) in [5.41, 5.74) is 6.83. The van der Waals surface area contributed by atoms with Crippen molar-refractivity contribution in [3.05, 3.63) is 61.5 Å². The van der Waals surface area contributed by atoms with E-state index in [0.717, 1.165) is 21.5 Å². The lowest BCUT2D eigenvalue weighted by molar-refractivity contribution is -0.118. The number of hydrogen-bond donors (Lipinski definition) is 1. The average Bonchev–Trinajstić information content (AvgIpc) is 3.14. The maximum Gasteiger partial charge on any atom is 0.332 e. The SMILES string of the molecule is Cc1c(Cl)cccc1-n1c(C)cn2c3c(=O)n(CC(N)=O)c(=O)n(C)c3nc12. The molecule has 2 N–H and O–H groups in total. The normalized spacial score (nSPS) is 11.6. The molecule has 0 saturated carbocycles. The predicted octanol–water partition coefficient (Wildman–Crippen LogP) is 0.894. The van der Waals surface area contributed by atoms with E-state index < -0.39 is 23.7 Å². The lowest BCUT2D eigenvalue weighted by Gasteiger charge is -2.10. The van der Waals surface area contributed by atoms with Crippen LogP contribution < -0.4 is 17.0 Å². The molecule has 1 aromatic carbocycles. The Labute approximate surface area is 163 Å². The first-order chi connectivity index (χ1) is 13.2. The average molecular weight is 401 g/mol. The maximum absolute atomic E-state index is 12.9.